The van der Waals surface area contributed by atoms with Gasteiger partial charge in [0.15, 0.2) is 5.82 Å². The second kappa shape index (κ2) is 10.9. The summed E-state index contributed by atoms with van der Waals surface area (Å²) in [5.74, 6) is 2.39. The number of pyridine rings is 2. The average Bonchev–Trinajstić information content (AvgIpc) is 2.94. The van der Waals surface area contributed by atoms with Crippen molar-refractivity contribution in [3.8, 4) is 11.5 Å². The number of nitrogens with zero attached hydrogens (tertiary/aromatic N) is 5. The highest BCUT2D eigenvalue weighted by atomic mass is 16.5. The van der Waals surface area contributed by atoms with Crippen molar-refractivity contribution >= 4 is 28.4 Å². The minimum Gasteiger partial charge on any atom is -0.457 e. The Morgan fingerprint density at radius 2 is 2.05 bits per heavy atom. The van der Waals surface area contributed by atoms with Crippen molar-refractivity contribution in [3.63, 3.8) is 0 Å². The second-order valence-corrected chi connectivity index (χ2v) is 9.74. The first-order valence-electron chi connectivity index (χ1n) is 12.9. The number of fused-ring (bicyclic) bond motifs is 1. The van der Waals surface area contributed by atoms with E-state index in [1.165, 1.54) is 12.4 Å². The normalized spacial score (nSPS) is 17.1. The number of likely N-dealkylation sites (tertiary alicyclic amines) is 1. The summed E-state index contributed by atoms with van der Waals surface area (Å²) in [4.78, 5) is 27.8. The van der Waals surface area contributed by atoms with Crippen LogP contribution in [0.3, 0.4) is 0 Å². The third-order valence-electron chi connectivity index (χ3n) is 7.11. The molecular formula is C29H32N8O2. The van der Waals surface area contributed by atoms with E-state index in [0.29, 0.717) is 41.4 Å². The van der Waals surface area contributed by atoms with Gasteiger partial charge in [-0.2, -0.15) is 0 Å². The fraction of sp³-hybridized carbons (Fsp3) is 0.276. The Labute approximate surface area is 226 Å². The van der Waals surface area contributed by atoms with Crippen LogP contribution < -0.4 is 21.0 Å². The number of piperidine rings is 1. The molecule has 1 aliphatic heterocycles. The number of hydrogen-bond donors (Lipinski definition) is 3. The summed E-state index contributed by atoms with van der Waals surface area (Å²) in [6.07, 6.45) is 5.50. The lowest BCUT2D eigenvalue weighted by Crippen LogP contribution is -2.41. The second-order valence-electron chi connectivity index (χ2n) is 9.74. The molecule has 3 N–H and O–H groups in total. The first kappa shape index (κ1) is 25.9. The molecule has 5 rings (SSSR count). The lowest BCUT2D eigenvalue weighted by molar-refractivity contribution is -0.127. The number of carbonyl (C=O) groups excluding carboxylic acids is 1. The summed E-state index contributed by atoms with van der Waals surface area (Å²) in [6.45, 7) is 9.11. The Hall–Kier alpha value is -4.73. The Morgan fingerprint density at radius 1 is 1.21 bits per heavy atom. The Kier molecular flexibility index (Phi) is 7.27. The fourth-order valence-corrected chi connectivity index (χ4v) is 5.01. The largest absolute Gasteiger partial charge is 0.457 e. The zero-order chi connectivity index (χ0) is 27.5. The van der Waals surface area contributed by atoms with E-state index in [1.807, 2.05) is 42.2 Å². The first-order valence-corrected chi connectivity index (χ1v) is 12.9. The Morgan fingerprint density at radius 3 is 2.77 bits per heavy atom. The molecule has 0 aliphatic carbocycles. The summed E-state index contributed by atoms with van der Waals surface area (Å²) in [5, 5.41) is 11.5. The molecule has 1 aromatic carbocycles. The molecule has 2 atom stereocenters. The van der Waals surface area contributed by atoms with Crippen LogP contribution in [-0.4, -0.2) is 50.6 Å². The lowest BCUT2D eigenvalue weighted by Gasteiger charge is -2.36. The number of hydrogen-bond acceptors (Lipinski definition) is 8. The van der Waals surface area contributed by atoms with Crippen molar-refractivity contribution in [1.82, 2.24) is 24.5 Å². The van der Waals surface area contributed by atoms with Crippen molar-refractivity contribution in [3.05, 3.63) is 84.4 Å². The molecule has 2 unspecified atom stereocenters. The monoisotopic (exact) mass is 524 g/mol. The summed E-state index contributed by atoms with van der Waals surface area (Å²) in [7, 11) is 1.75. The average molecular weight is 525 g/mol. The highest BCUT2D eigenvalue weighted by Crippen LogP contribution is 2.34. The van der Waals surface area contributed by atoms with Gasteiger partial charge in [-0.1, -0.05) is 13.5 Å². The van der Waals surface area contributed by atoms with Crippen LogP contribution in [0, 0.1) is 18.3 Å². The number of aryl methyl sites for hydroxylation is 1. The van der Waals surface area contributed by atoms with Crippen LogP contribution in [0.5, 0.6) is 11.5 Å². The van der Waals surface area contributed by atoms with Crippen LogP contribution in [0.15, 0.2) is 67.6 Å². The molecule has 0 spiro atoms. The van der Waals surface area contributed by atoms with Crippen molar-refractivity contribution in [2.45, 2.75) is 26.2 Å². The molecular weight excluding hydrogens is 492 g/mol. The standard InChI is InChI=1S/C29H32N8O2/c1-5-27(38)36-12-11-22(19(3)16-36)23-7-8-24-28(35-23)29(33-17-32-24)34-20-6-9-25(18(2)14-20)39-21-10-13-37(31-4)26(30)15-21/h5-10,13-15,17,19,22,30-31H,1,11-12,16H2,2-4H3,(H,32,33,34). The molecule has 0 bridgehead atoms. The van der Waals surface area contributed by atoms with E-state index in [2.05, 4.69) is 34.2 Å². The predicted molar refractivity (Wildman–Crippen MR) is 151 cm³/mol. The summed E-state index contributed by atoms with van der Waals surface area (Å²) in [5.41, 5.74) is 7.41. The van der Waals surface area contributed by atoms with E-state index in [-0.39, 0.29) is 17.7 Å². The van der Waals surface area contributed by atoms with Gasteiger partial charge in [0.05, 0.1) is 5.52 Å². The van der Waals surface area contributed by atoms with Gasteiger partial charge in [0.2, 0.25) is 5.91 Å². The van der Waals surface area contributed by atoms with Crippen LogP contribution in [0.4, 0.5) is 11.5 Å². The maximum absolute atomic E-state index is 12.1. The number of amides is 1. The lowest BCUT2D eigenvalue weighted by atomic mass is 9.84. The van der Waals surface area contributed by atoms with Gasteiger partial charge in [-0.3, -0.25) is 14.9 Å². The Balaban J connectivity index is 1.36. The van der Waals surface area contributed by atoms with Crippen LogP contribution in [0.2, 0.25) is 0 Å². The number of aromatic nitrogens is 4. The van der Waals surface area contributed by atoms with E-state index in [9.17, 15) is 4.79 Å². The smallest absolute Gasteiger partial charge is 0.245 e. The van der Waals surface area contributed by atoms with Gasteiger partial charge in [-0.05, 0) is 67.3 Å². The van der Waals surface area contributed by atoms with Gasteiger partial charge in [-0.15, -0.1) is 0 Å². The molecule has 0 radical (unpaired) electrons. The number of ether oxygens (including phenoxy) is 1. The summed E-state index contributed by atoms with van der Waals surface area (Å²) < 4.78 is 7.62. The van der Waals surface area contributed by atoms with E-state index < -0.39 is 0 Å². The van der Waals surface area contributed by atoms with E-state index in [1.54, 1.807) is 30.1 Å². The van der Waals surface area contributed by atoms with Crippen LogP contribution in [-0.2, 0) is 4.79 Å². The number of anilines is 2. The third kappa shape index (κ3) is 5.45. The first-order chi connectivity index (χ1) is 18.9. The SMILES string of the molecule is C=CC(=O)N1CCC(c2ccc3ncnc(Nc4ccc(Oc5ccn(NC)c(=N)c5)c(C)c4)c3n2)C(C)C1. The van der Waals surface area contributed by atoms with Crippen molar-refractivity contribution < 1.29 is 9.53 Å². The fourth-order valence-electron chi connectivity index (χ4n) is 5.01. The highest BCUT2D eigenvalue weighted by molar-refractivity contribution is 5.88. The van der Waals surface area contributed by atoms with E-state index >= 15 is 0 Å². The molecule has 1 aliphatic rings. The van der Waals surface area contributed by atoms with Gasteiger partial charge in [-0.25, -0.2) is 15.0 Å². The molecule has 1 fully saturated rings. The Bertz CT molecular complexity index is 1600. The van der Waals surface area contributed by atoms with Gasteiger partial charge in [0.25, 0.3) is 0 Å². The maximum atomic E-state index is 12.1. The van der Waals surface area contributed by atoms with Gasteiger partial charge in [0.1, 0.15) is 28.8 Å². The van der Waals surface area contributed by atoms with Crippen molar-refractivity contribution in [1.29, 1.82) is 5.41 Å². The molecule has 10 nitrogen and oxygen atoms in total. The number of nitrogens with one attached hydrogen (secondary N) is 3. The molecule has 1 amide bonds. The van der Waals surface area contributed by atoms with Gasteiger partial charge < -0.3 is 20.4 Å². The predicted octanol–water partition coefficient (Wildman–Crippen LogP) is 4.46. The zero-order valence-corrected chi connectivity index (χ0v) is 22.3. The van der Waals surface area contributed by atoms with E-state index in [4.69, 9.17) is 15.1 Å². The minimum absolute atomic E-state index is 0.0230. The number of rotatable bonds is 7. The van der Waals surface area contributed by atoms with Gasteiger partial charge in [0, 0.05) is 49.7 Å². The highest BCUT2D eigenvalue weighted by Gasteiger charge is 2.30. The van der Waals surface area contributed by atoms with Gasteiger partial charge >= 0.3 is 0 Å². The maximum Gasteiger partial charge on any atom is 0.245 e. The summed E-state index contributed by atoms with van der Waals surface area (Å²) in [6, 6.07) is 13.3. The molecule has 0 saturated carbocycles. The number of benzene rings is 1. The quantitative estimate of drug-likeness (QED) is 0.305. The van der Waals surface area contributed by atoms with Crippen molar-refractivity contribution in [2.75, 3.05) is 30.9 Å². The molecule has 1 saturated heterocycles. The molecule has 200 valence electrons. The van der Waals surface area contributed by atoms with Crippen LogP contribution >= 0.6 is 0 Å². The zero-order valence-electron chi connectivity index (χ0n) is 22.3. The van der Waals surface area contributed by atoms with E-state index in [0.717, 1.165) is 28.9 Å². The molecule has 4 aromatic rings. The molecule has 39 heavy (non-hydrogen) atoms. The van der Waals surface area contributed by atoms with Crippen LogP contribution in [0.25, 0.3) is 11.0 Å². The molecule has 3 aromatic heterocycles. The van der Waals surface area contributed by atoms with Crippen molar-refractivity contribution in [2.24, 2.45) is 5.92 Å². The topological polar surface area (TPSA) is 121 Å². The third-order valence-corrected chi connectivity index (χ3v) is 7.11. The number of carbonyl (C=O) groups is 1. The molecule has 4 heterocycles. The minimum atomic E-state index is -0.0230. The van der Waals surface area contributed by atoms with Crippen LogP contribution in [0.1, 0.15) is 30.5 Å². The summed E-state index contributed by atoms with van der Waals surface area (Å²) >= 11 is 0. The molecule has 10 heteroatoms.